The van der Waals surface area contributed by atoms with Gasteiger partial charge in [-0.2, -0.15) is 0 Å². The molecular weight excluding hydrogens is 588 g/mol. The van der Waals surface area contributed by atoms with Crippen LogP contribution in [-0.4, -0.2) is 71.2 Å². The average Bonchev–Trinajstić information content (AvgIpc) is 3.13. The van der Waals surface area contributed by atoms with Gasteiger partial charge in [-0.15, -0.1) is 0 Å². The molecule has 1 spiro atoms. The predicted molar refractivity (Wildman–Crippen MR) is 169 cm³/mol. The molecule has 1 amide bonds. The van der Waals surface area contributed by atoms with Crippen LogP contribution in [0.15, 0.2) is 36.4 Å². The van der Waals surface area contributed by atoms with Gasteiger partial charge in [-0.25, -0.2) is 9.00 Å². The van der Waals surface area contributed by atoms with Crippen molar-refractivity contribution in [2.75, 3.05) is 45.3 Å². The fraction of sp³-hybridized carbons (Fsp3) is 0.576. The van der Waals surface area contributed by atoms with Gasteiger partial charge in [-0.1, -0.05) is 24.6 Å². The van der Waals surface area contributed by atoms with Gasteiger partial charge in [-0.3, -0.25) is 4.79 Å². The first-order valence-electron chi connectivity index (χ1n) is 15.2. The number of aryl methyl sites for hydroxylation is 1. The summed E-state index contributed by atoms with van der Waals surface area (Å²) in [5.74, 6) is 0.920. The molecule has 0 saturated heterocycles. The largest absolute Gasteiger partial charge is 0.490 e. The van der Waals surface area contributed by atoms with Crippen LogP contribution in [0, 0.1) is 17.8 Å². The maximum Gasteiger partial charge on any atom is 0.337 e. The molecule has 8 nitrogen and oxygen atoms in total. The molecule has 0 radical (unpaired) electrons. The highest BCUT2D eigenvalue weighted by Crippen LogP contribution is 2.46. The average molecular weight is 631 g/mol. The molecule has 0 bridgehead atoms. The minimum Gasteiger partial charge on any atom is -0.490 e. The minimum absolute atomic E-state index is 0.00288. The number of hydrogen-bond donors (Lipinski definition) is 1. The lowest BCUT2D eigenvalue weighted by Gasteiger charge is -2.45. The number of ether oxygens (including phenoxy) is 2. The van der Waals surface area contributed by atoms with Gasteiger partial charge in [0.2, 0.25) is 5.91 Å². The third kappa shape index (κ3) is 6.74. The van der Waals surface area contributed by atoms with Crippen molar-refractivity contribution >= 4 is 40.2 Å². The Hall–Kier alpha value is -2.62. The number of anilines is 1. The number of halogens is 1. The molecule has 1 N–H and O–H groups in total. The standard InChI is InChI=1S/C33H43ClN2O6S/c1-21(22(2)43(39)40)14-31(37)35(3)17-25-7-8-26(25)18-36-19-33(13-5-6-23-15-27(34)10-11-28(23)33)20-42-30-12-9-24(16-29(30)36)32(38)41-4/h9-12,15-16,21-22,25-26H,5-8,13-14,17-20H2,1-4H3,(H,39,40)/t21-,22-,25-,26-,33-/m0/s1. The molecule has 2 aromatic rings. The van der Waals surface area contributed by atoms with Gasteiger partial charge in [-0.05, 0) is 98.2 Å². The maximum absolute atomic E-state index is 13.0. The molecule has 2 aromatic carbocycles. The van der Waals surface area contributed by atoms with E-state index in [1.807, 2.05) is 32.2 Å². The van der Waals surface area contributed by atoms with E-state index in [1.54, 1.807) is 17.9 Å². The van der Waals surface area contributed by atoms with Crippen LogP contribution in [-0.2, 0) is 32.4 Å². The summed E-state index contributed by atoms with van der Waals surface area (Å²) in [6.07, 6.45) is 5.39. The number of amides is 1. The molecular formula is C33H43ClN2O6S. The molecule has 1 fully saturated rings. The summed E-state index contributed by atoms with van der Waals surface area (Å²) in [7, 11) is 3.23. The predicted octanol–water partition coefficient (Wildman–Crippen LogP) is 5.72. The highest BCUT2D eigenvalue weighted by molar-refractivity contribution is 7.79. The van der Waals surface area contributed by atoms with Crippen LogP contribution in [0.1, 0.15) is 67.4 Å². The van der Waals surface area contributed by atoms with Gasteiger partial charge in [0.15, 0.2) is 11.1 Å². The Morgan fingerprint density at radius 2 is 1.98 bits per heavy atom. The first-order valence-corrected chi connectivity index (χ1v) is 16.8. The molecule has 43 heavy (non-hydrogen) atoms. The summed E-state index contributed by atoms with van der Waals surface area (Å²) in [5, 5.41) is 0.292. The van der Waals surface area contributed by atoms with Crippen molar-refractivity contribution in [1.82, 2.24) is 4.90 Å². The topological polar surface area (TPSA) is 96.4 Å². The quantitative estimate of drug-likeness (QED) is 0.280. The molecule has 0 aromatic heterocycles. The van der Waals surface area contributed by atoms with Gasteiger partial charge >= 0.3 is 5.97 Å². The van der Waals surface area contributed by atoms with Crippen LogP contribution >= 0.6 is 11.6 Å². The van der Waals surface area contributed by atoms with Crippen molar-refractivity contribution in [2.45, 2.75) is 63.0 Å². The molecule has 1 unspecified atom stereocenters. The van der Waals surface area contributed by atoms with E-state index in [0.29, 0.717) is 30.6 Å². The van der Waals surface area contributed by atoms with Crippen molar-refractivity contribution in [2.24, 2.45) is 17.8 Å². The molecule has 1 aliphatic heterocycles. The molecule has 5 rings (SSSR count). The Bertz CT molecular complexity index is 1390. The van der Waals surface area contributed by atoms with Crippen LogP contribution < -0.4 is 9.64 Å². The molecule has 1 saturated carbocycles. The zero-order chi connectivity index (χ0) is 30.9. The smallest absolute Gasteiger partial charge is 0.337 e. The first kappa shape index (κ1) is 31.8. The number of nitrogens with zero attached hydrogens (tertiary/aromatic N) is 2. The monoisotopic (exact) mass is 630 g/mol. The zero-order valence-electron chi connectivity index (χ0n) is 25.5. The molecule has 2 aliphatic carbocycles. The van der Waals surface area contributed by atoms with Crippen LogP contribution in [0.2, 0.25) is 5.02 Å². The van der Waals surface area contributed by atoms with E-state index in [0.717, 1.165) is 61.7 Å². The molecule has 3 aliphatic rings. The van der Waals surface area contributed by atoms with E-state index in [9.17, 15) is 18.4 Å². The normalized spacial score (nSPS) is 24.8. The lowest BCUT2D eigenvalue weighted by atomic mass is 9.69. The van der Waals surface area contributed by atoms with Crippen LogP contribution in [0.25, 0.3) is 0 Å². The summed E-state index contributed by atoms with van der Waals surface area (Å²) in [4.78, 5) is 29.7. The van der Waals surface area contributed by atoms with E-state index in [2.05, 4.69) is 17.0 Å². The lowest BCUT2D eigenvalue weighted by Crippen LogP contribution is -2.49. The second kappa shape index (κ2) is 13.2. The number of fused-ring (bicyclic) bond motifs is 3. The zero-order valence-corrected chi connectivity index (χ0v) is 27.1. The van der Waals surface area contributed by atoms with Gasteiger partial charge < -0.3 is 23.8 Å². The fourth-order valence-corrected chi connectivity index (χ4v) is 7.70. The Kier molecular flexibility index (Phi) is 9.73. The summed E-state index contributed by atoms with van der Waals surface area (Å²) in [5.41, 5.74) is 3.74. The Morgan fingerprint density at radius 1 is 1.21 bits per heavy atom. The molecule has 234 valence electrons. The maximum atomic E-state index is 13.0. The summed E-state index contributed by atoms with van der Waals surface area (Å²) < 4.78 is 32.5. The second-order valence-corrected chi connectivity index (χ2v) is 14.5. The second-order valence-electron chi connectivity index (χ2n) is 12.8. The number of carbonyl (C=O) groups is 2. The highest BCUT2D eigenvalue weighted by Gasteiger charge is 2.43. The highest BCUT2D eigenvalue weighted by atomic mass is 35.5. The Labute approximate surface area is 262 Å². The fourth-order valence-electron chi connectivity index (χ4n) is 7.01. The number of rotatable bonds is 9. The first-order chi connectivity index (χ1) is 20.5. The van der Waals surface area contributed by atoms with Gasteiger partial charge in [0.05, 0.1) is 30.2 Å². The SMILES string of the molecule is COC(=O)c1ccc2c(c1)N(C[C@@H]1CC[C@H]1CN(C)C(=O)C[C@H](C)[C@H](C)S(=O)O)C[C@@]1(CCCc3cc(Cl)ccc31)CO2. The number of benzene rings is 2. The molecule has 6 atom stereocenters. The summed E-state index contributed by atoms with van der Waals surface area (Å²) in [6, 6.07) is 11.8. The number of carbonyl (C=O) groups excluding carboxylic acids is 2. The van der Waals surface area contributed by atoms with Crippen LogP contribution in [0.5, 0.6) is 5.75 Å². The number of hydrogen-bond acceptors (Lipinski definition) is 6. The van der Waals surface area contributed by atoms with Crippen molar-refractivity contribution < 1.29 is 27.8 Å². The number of esters is 1. The van der Waals surface area contributed by atoms with E-state index >= 15 is 0 Å². The minimum atomic E-state index is -1.95. The third-order valence-electron chi connectivity index (χ3n) is 10.0. The van der Waals surface area contributed by atoms with Gasteiger partial charge in [0.1, 0.15) is 5.75 Å². The van der Waals surface area contributed by atoms with Crippen molar-refractivity contribution in [3.05, 3.63) is 58.1 Å². The van der Waals surface area contributed by atoms with E-state index in [1.165, 1.54) is 18.2 Å². The van der Waals surface area contributed by atoms with Crippen LogP contribution in [0.3, 0.4) is 0 Å². The Balaban J connectivity index is 1.38. The summed E-state index contributed by atoms with van der Waals surface area (Å²) >= 11 is 4.44. The summed E-state index contributed by atoms with van der Waals surface area (Å²) in [6.45, 7) is 6.30. The van der Waals surface area contributed by atoms with Crippen LogP contribution in [0.4, 0.5) is 5.69 Å². The van der Waals surface area contributed by atoms with E-state index in [-0.39, 0.29) is 29.6 Å². The van der Waals surface area contributed by atoms with Gasteiger partial charge in [0.25, 0.3) is 0 Å². The lowest BCUT2D eigenvalue weighted by molar-refractivity contribution is -0.132. The third-order valence-corrected chi connectivity index (χ3v) is 11.4. The van der Waals surface area contributed by atoms with Crippen molar-refractivity contribution in [1.29, 1.82) is 0 Å². The van der Waals surface area contributed by atoms with E-state index < -0.39 is 16.3 Å². The number of methoxy groups -OCH3 is 1. The van der Waals surface area contributed by atoms with Crippen molar-refractivity contribution in [3.63, 3.8) is 0 Å². The molecule has 1 heterocycles. The Morgan fingerprint density at radius 3 is 2.67 bits per heavy atom. The van der Waals surface area contributed by atoms with E-state index in [4.69, 9.17) is 21.1 Å². The van der Waals surface area contributed by atoms with Gasteiger partial charge in [0, 0.05) is 43.5 Å². The van der Waals surface area contributed by atoms with Crippen molar-refractivity contribution in [3.8, 4) is 5.75 Å². The molecule has 10 heteroatoms.